The fraction of sp³-hybridized carbons (Fsp3) is 0.964. The minimum atomic E-state index is -0.699. The highest BCUT2D eigenvalue weighted by Gasteiger charge is 2.52. The number of hydrogen-bond acceptors (Lipinski definition) is 7. The van der Waals surface area contributed by atoms with Crippen molar-refractivity contribution in [3.8, 4) is 0 Å². The molecule has 206 valence electrons. The Hall–Kier alpha value is -0.730. The highest BCUT2D eigenvalue weighted by atomic mass is 16.7. The minimum Gasteiger partial charge on any atom is -0.459 e. The van der Waals surface area contributed by atoms with Gasteiger partial charge in [0.25, 0.3) is 0 Å². The molecule has 7 nitrogen and oxygen atoms in total. The van der Waals surface area contributed by atoms with Crippen LogP contribution in [0.2, 0.25) is 0 Å². The molecule has 35 heavy (non-hydrogen) atoms. The van der Waals surface area contributed by atoms with E-state index in [1.807, 2.05) is 39.8 Å². The van der Waals surface area contributed by atoms with Crippen molar-refractivity contribution in [2.24, 2.45) is 10.8 Å². The molecule has 2 N–H and O–H groups in total. The molecule has 0 bridgehead atoms. The lowest BCUT2D eigenvalue weighted by atomic mass is 9.57. The van der Waals surface area contributed by atoms with Crippen LogP contribution in [-0.2, 0) is 19.0 Å². The molecule has 2 rings (SSSR count). The Kier molecular flexibility index (Phi) is 10.6. The maximum atomic E-state index is 12.9. The van der Waals surface area contributed by atoms with E-state index in [9.17, 15) is 9.90 Å². The van der Waals surface area contributed by atoms with E-state index in [-0.39, 0.29) is 41.1 Å². The largest absolute Gasteiger partial charge is 0.459 e. The molecule has 0 saturated carbocycles. The van der Waals surface area contributed by atoms with Gasteiger partial charge >= 0.3 is 5.97 Å². The summed E-state index contributed by atoms with van der Waals surface area (Å²) in [6.45, 7) is 18.2. The molecule has 0 spiro atoms. The fourth-order valence-corrected chi connectivity index (χ4v) is 5.45. The van der Waals surface area contributed by atoms with Crippen LogP contribution in [0.5, 0.6) is 0 Å². The Morgan fingerprint density at radius 3 is 2.29 bits per heavy atom. The van der Waals surface area contributed by atoms with Gasteiger partial charge in [0, 0.05) is 23.9 Å². The van der Waals surface area contributed by atoms with E-state index in [4.69, 9.17) is 14.2 Å². The summed E-state index contributed by atoms with van der Waals surface area (Å²) in [5, 5.41) is 14.6. The second-order valence-corrected chi connectivity index (χ2v) is 12.7. The van der Waals surface area contributed by atoms with E-state index in [2.05, 4.69) is 39.9 Å². The molecule has 0 aromatic carbocycles. The lowest BCUT2D eigenvalue weighted by Crippen LogP contribution is -2.58. The van der Waals surface area contributed by atoms with E-state index in [1.165, 1.54) is 0 Å². The number of rotatable bonds is 3. The van der Waals surface area contributed by atoms with Gasteiger partial charge in [-0.25, -0.2) is 0 Å². The van der Waals surface area contributed by atoms with Gasteiger partial charge in [-0.3, -0.25) is 4.79 Å². The molecule has 0 aromatic rings. The van der Waals surface area contributed by atoms with Crippen LogP contribution in [-0.4, -0.2) is 78.9 Å². The minimum absolute atomic E-state index is 0.000568. The van der Waals surface area contributed by atoms with Gasteiger partial charge in [-0.2, -0.15) is 0 Å². The zero-order chi connectivity index (χ0) is 26.6. The van der Waals surface area contributed by atoms with Gasteiger partial charge in [-0.05, 0) is 92.3 Å². The SMILES string of the molecule is CC1NCCCCC(O[C@@H]2O[C@H](C)C[C@H](N(C)C)[C@H]2O)CCCC(=O)OC(C)(C)C(C)(C)C1(C)C. The van der Waals surface area contributed by atoms with Crippen LogP contribution in [0, 0.1) is 10.8 Å². The van der Waals surface area contributed by atoms with Crippen molar-refractivity contribution in [3.05, 3.63) is 0 Å². The summed E-state index contributed by atoms with van der Waals surface area (Å²) in [6.07, 6.45) is 4.10. The van der Waals surface area contributed by atoms with Gasteiger partial charge in [0.15, 0.2) is 6.29 Å². The van der Waals surface area contributed by atoms with Crippen molar-refractivity contribution in [1.29, 1.82) is 0 Å². The summed E-state index contributed by atoms with van der Waals surface area (Å²) in [7, 11) is 3.97. The summed E-state index contributed by atoms with van der Waals surface area (Å²) in [6, 6.07) is 0.253. The zero-order valence-corrected chi connectivity index (χ0v) is 24.1. The van der Waals surface area contributed by atoms with Crippen LogP contribution in [0.3, 0.4) is 0 Å². The number of carbonyl (C=O) groups is 1. The molecule has 2 unspecified atom stereocenters. The zero-order valence-electron chi connectivity index (χ0n) is 24.1. The molecule has 0 aliphatic carbocycles. The number of hydrogen-bond donors (Lipinski definition) is 2. The Bertz CT molecular complexity index is 678. The number of nitrogens with zero attached hydrogens (tertiary/aromatic N) is 1. The molecule has 2 heterocycles. The summed E-state index contributed by atoms with van der Waals surface area (Å²) in [5.74, 6) is -0.164. The highest BCUT2D eigenvalue weighted by molar-refractivity contribution is 5.69. The van der Waals surface area contributed by atoms with E-state index in [0.717, 1.165) is 38.6 Å². The predicted octanol–water partition coefficient (Wildman–Crippen LogP) is 4.50. The lowest BCUT2D eigenvalue weighted by Gasteiger charge is -2.53. The van der Waals surface area contributed by atoms with Crippen molar-refractivity contribution in [2.75, 3.05) is 20.6 Å². The molecule has 2 aliphatic heterocycles. The Morgan fingerprint density at radius 2 is 1.66 bits per heavy atom. The summed E-state index contributed by atoms with van der Waals surface area (Å²) >= 11 is 0. The Morgan fingerprint density at radius 1 is 1.03 bits per heavy atom. The first-order valence-corrected chi connectivity index (χ1v) is 13.7. The number of carbonyl (C=O) groups excluding carboxylic acids is 1. The molecule has 2 saturated heterocycles. The number of aliphatic hydroxyl groups is 1. The number of esters is 1. The maximum absolute atomic E-state index is 12.9. The average molecular weight is 499 g/mol. The average Bonchev–Trinajstić information content (AvgIpc) is 2.73. The number of cyclic esters (lactones) is 1. The summed E-state index contributed by atoms with van der Waals surface area (Å²) < 4.78 is 18.5. The normalized spacial score (nSPS) is 37.2. The monoisotopic (exact) mass is 498 g/mol. The maximum Gasteiger partial charge on any atom is 0.306 e. The summed E-state index contributed by atoms with van der Waals surface area (Å²) in [5.41, 5.74) is -0.963. The van der Waals surface area contributed by atoms with Gasteiger partial charge in [0.1, 0.15) is 11.7 Å². The molecule has 7 heteroatoms. The second kappa shape index (κ2) is 12.2. The van der Waals surface area contributed by atoms with E-state index in [1.54, 1.807) is 0 Å². The topological polar surface area (TPSA) is 80.3 Å². The third kappa shape index (κ3) is 7.41. The van der Waals surface area contributed by atoms with Gasteiger partial charge in [-0.1, -0.05) is 27.7 Å². The van der Waals surface area contributed by atoms with Crippen LogP contribution in [0.4, 0.5) is 0 Å². The first-order valence-electron chi connectivity index (χ1n) is 13.7. The number of nitrogens with one attached hydrogen (secondary N) is 1. The van der Waals surface area contributed by atoms with E-state index < -0.39 is 18.0 Å². The van der Waals surface area contributed by atoms with E-state index in [0.29, 0.717) is 12.8 Å². The lowest BCUT2D eigenvalue weighted by molar-refractivity contribution is -0.269. The third-order valence-corrected chi connectivity index (χ3v) is 9.48. The van der Waals surface area contributed by atoms with Gasteiger partial charge < -0.3 is 29.5 Å². The van der Waals surface area contributed by atoms with Crippen molar-refractivity contribution in [3.63, 3.8) is 0 Å². The Labute approximate surface area is 214 Å². The predicted molar refractivity (Wildman–Crippen MR) is 140 cm³/mol. The highest BCUT2D eigenvalue weighted by Crippen LogP contribution is 2.50. The smallest absolute Gasteiger partial charge is 0.306 e. The van der Waals surface area contributed by atoms with Crippen LogP contribution >= 0.6 is 0 Å². The quantitative estimate of drug-likeness (QED) is 0.555. The van der Waals surface area contributed by atoms with Crippen molar-refractivity contribution in [2.45, 2.75) is 143 Å². The number of ether oxygens (including phenoxy) is 3. The molecular formula is C28H54N2O5. The number of aliphatic hydroxyl groups excluding tert-OH is 1. The van der Waals surface area contributed by atoms with Crippen molar-refractivity contribution < 1.29 is 24.1 Å². The van der Waals surface area contributed by atoms with E-state index >= 15 is 0 Å². The molecular weight excluding hydrogens is 444 g/mol. The molecule has 6 atom stereocenters. The van der Waals surface area contributed by atoms with Crippen molar-refractivity contribution in [1.82, 2.24) is 10.2 Å². The van der Waals surface area contributed by atoms with Crippen LogP contribution in [0.15, 0.2) is 0 Å². The van der Waals surface area contributed by atoms with Crippen LogP contribution in [0.25, 0.3) is 0 Å². The first kappa shape index (κ1) is 30.5. The van der Waals surface area contributed by atoms with Gasteiger partial charge in [0.05, 0.1) is 12.2 Å². The summed E-state index contributed by atoms with van der Waals surface area (Å²) in [4.78, 5) is 14.9. The Balaban J connectivity index is 2.13. The van der Waals surface area contributed by atoms with Crippen molar-refractivity contribution >= 4 is 5.97 Å². The first-order chi connectivity index (χ1) is 16.1. The standard InChI is InChI=1S/C28H54N2O5/c1-19-18-22(30(9)10)24(32)25(33-19)34-21-14-11-12-17-29-20(2)26(3,4)27(5,6)28(7,8)35-23(31)16-13-15-21/h19-22,24-25,29,32H,11-18H2,1-10H3/t19-,20?,21?,22+,24-,25+/m1/s1. The molecule has 0 aromatic heterocycles. The molecule has 0 amide bonds. The van der Waals surface area contributed by atoms with Gasteiger partial charge in [0.2, 0.25) is 0 Å². The molecule has 2 fully saturated rings. The fourth-order valence-electron chi connectivity index (χ4n) is 5.45. The third-order valence-electron chi connectivity index (χ3n) is 9.48. The molecule has 0 radical (unpaired) electrons. The molecule has 2 aliphatic rings. The second-order valence-electron chi connectivity index (χ2n) is 12.7. The van der Waals surface area contributed by atoms with Crippen LogP contribution < -0.4 is 5.32 Å². The van der Waals surface area contributed by atoms with Crippen LogP contribution in [0.1, 0.15) is 100 Å². The number of likely N-dealkylation sites (N-methyl/N-ethyl adjacent to an activating group) is 1. The van der Waals surface area contributed by atoms with Gasteiger partial charge in [-0.15, -0.1) is 0 Å².